The smallest absolute Gasteiger partial charge is 0.252 e. The molecule has 0 spiro atoms. The highest BCUT2D eigenvalue weighted by molar-refractivity contribution is 6.22. The number of fused-ring (bicyclic) bond motifs is 5. The van der Waals surface area contributed by atoms with Crippen LogP contribution in [0.4, 0.5) is 0 Å². The van der Waals surface area contributed by atoms with Crippen molar-refractivity contribution in [2.75, 3.05) is 7.11 Å². The molecule has 1 aliphatic heterocycles. The molecule has 1 unspecified atom stereocenters. The van der Waals surface area contributed by atoms with E-state index in [-0.39, 0.29) is 5.91 Å². The fourth-order valence-corrected chi connectivity index (χ4v) is 3.42. The molecule has 4 rings (SSSR count). The van der Waals surface area contributed by atoms with Crippen molar-refractivity contribution in [3.8, 4) is 5.75 Å². The predicted octanol–water partition coefficient (Wildman–Crippen LogP) is 2.63. The average molecular weight is 280 g/mol. The van der Waals surface area contributed by atoms with Crippen molar-refractivity contribution in [2.24, 2.45) is 10.5 Å². The van der Waals surface area contributed by atoms with Crippen LogP contribution >= 0.6 is 0 Å². The number of hydrazone groups is 1. The number of ether oxygens (including phenoxy) is 1. The summed E-state index contributed by atoms with van der Waals surface area (Å²) in [6.07, 6.45) is 1.69. The highest BCUT2D eigenvalue weighted by Crippen LogP contribution is 2.41. The highest BCUT2D eigenvalue weighted by atomic mass is 16.5. The SMILES string of the molecule is COc1ccc2c3c(ccc2c1)C1=NNC(=O)C1(C)CC3. The average Bonchev–Trinajstić information content (AvgIpc) is 2.82. The standard InChI is InChI=1S/C17H16N2O2/c1-17-8-7-13-12-6-4-11(21-2)9-10(12)3-5-14(13)15(17)18-19-16(17)20/h3-6,9H,7-8H2,1-2H3,(H,19,20). The predicted molar refractivity (Wildman–Crippen MR) is 81.6 cm³/mol. The first-order chi connectivity index (χ1) is 10.1. The number of carbonyl (C=O) groups is 1. The van der Waals surface area contributed by atoms with Crippen molar-refractivity contribution >= 4 is 22.4 Å². The summed E-state index contributed by atoms with van der Waals surface area (Å²) in [4.78, 5) is 12.0. The highest BCUT2D eigenvalue weighted by Gasteiger charge is 2.46. The first-order valence-corrected chi connectivity index (χ1v) is 7.12. The number of hydrogen-bond donors (Lipinski definition) is 1. The van der Waals surface area contributed by atoms with Gasteiger partial charge in [-0.1, -0.05) is 18.2 Å². The zero-order valence-corrected chi connectivity index (χ0v) is 12.1. The molecule has 0 fully saturated rings. The molecule has 0 bridgehead atoms. The van der Waals surface area contributed by atoms with Gasteiger partial charge in [0.1, 0.15) is 5.75 Å². The van der Waals surface area contributed by atoms with Crippen molar-refractivity contribution in [1.82, 2.24) is 5.43 Å². The van der Waals surface area contributed by atoms with Gasteiger partial charge in [-0.2, -0.15) is 5.10 Å². The van der Waals surface area contributed by atoms with E-state index in [2.05, 4.69) is 28.7 Å². The summed E-state index contributed by atoms with van der Waals surface area (Å²) in [6.45, 7) is 1.98. The van der Waals surface area contributed by atoms with Crippen LogP contribution in [0.15, 0.2) is 35.4 Å². The lowest BCUT2D eigenvalue weighted by molar-refractivity contribution is -0.125. The quantitative estimate of drug-likeness (QED) is 0.873. The normalized spacial score (nSPS) is 23.3. The van der Waals surface area contributed by atoms with Crippen LogP contribution in [0.2, 0.25) is 0 Å². The fourth-order valence-electron chi connectivity index (χ4n) is 3.42. The van der Waals surface area contributed by atoms with Gasteiger partial charge in [0.05, 0.1) is 18.2 Å². The summed E-state index contributed by atoms with van der Waals surface area (Å²) >= 11 is 0. The van der Waals surface area contributed by atoms with Crippen LogP contribution in [0.5, 0.6) is 5.75 Å². The van der Waals surface area contributed by atoms with Gasteiger partial charge >= 0.3 is 0 Å². The number of nitrogens with one attached hydrogen (secondary N) is 1. The van der Waals surface area contributed by atoms with Crippen LogP contribution in [0, 0.1) is 5.41 Å². The maximum Gasteiger partial charge on any atom is 0.252 e. The van der Waals surface area contributed by atoms with Crippen molar-refractivity contribution in [3.05, 3.63) is 41.5 Å². The van der Waals surface area contributed by atoms with E-state index in [4.69, 9.17) is 4.74 Å². The van der Waals surface area contributed by atoms with E-state index >= 15 is 0 Å². The Balaban J connectivity index is 1.95. The number of rotatable bonds is 1. The second-order valence-electron chi connectivity index (χ2n) is 5.91. The number of carbonyl (C=O) groups excluding carboxylic acids is 1. The van der Waals surface area contributed by atoms with Crippen LogP contribution in [0.1, 0.15) is 24.5 Å². The van der Waals surface area contributed by atoms with Crippen molar-refractivity contribution in [2.45, 2.75) is 19.8 Å². The molecule has 0 radical (unpaired) electrons. The summed E-state index contributed by atoms with van der Waals surface area (Å²) in [5.41, 5.74) is 5.42. The largest absolute Gasteiger partial charge is 0.497 e. The van der Waals surface area contributed by atoms with E-state index in [1.165, 1.54) is 10.9 Å². The Morgan fingerprint density at radius 3 is 2.95 bits per heavy atom. The zero-order chi connectivity index (χ0) is 14.6. The van der Waals surface area contributed by atoms with Crippen LogP contribution in [0.25, 0.3) is 10.8 Å². The Labute approximate surface area is 122 Å². The van der Waals surface area contributed by atoms with E-state index in [0.29, 0.717) is 0 Å². The van der Waals surface area contributed by atoms with Crippen LogP contribution < -0.4 is 10.2 Å². The molecule has 0 aromatic heterocycles. The Kier molecular flexibility index (Phi) is 2.40. The first-order valence-electron chi connectivity index (χ1n) is 7.12. The molecule has 1 atom stereocenters. The van der Waals surface area contributed by atoms with E-state index < -0.39 is 5.41 Å². The third-order valence-corrected chi connectivity index (χ3v) is 4.76. The maximum atomic E-state index is 12.0. The van der Waals surface area contributed by atoms with Crippen molar-refractivity contribution in [3.63, 3.8) is 0 Å². The maximum absolute atomic E-state index is 12.0. The lowest BCUT2D eigenvalue weighted by atomic mass is 9.70. The van der Waals surface area contributed by atoms with Crippen LogP contribution in [-0.4, -0.2) is 18.7 Å². The number of benzene rings is 2. The molecule has 4 nitrogen and oxygen atoms in total. The van der Waals surface area contributed by atoms with E-state index in [1.54, 1.807) is 7.11 Å². The van der Waals surface area contributed by atoms with Crippen LogP contribution in [0.3, 0.4) is 0 Å². The summed E-state index contributed by atoms with van der Waals surface area (Å²) in [6, 6.07) is 10.3. The third kappa shape index (κ3) is 1.56. The molecule has 2 aromatic carbocycles. The molecule has 0 saturated carbocycles. The Bertz CT molecular complexity index is 810. The minimum absolute atomic E-state index is 0.0120. The van der Waals surface area contributed by atoms with Crippen LogP contribution in [-0.2, 0) is 11.2 Å². The second kappa shape index (κ2) is 4.07. The van der Waals surface area contributed by atoms with Crippen molar-refractivity contribution < 1.29 is 9.53 Å². The van der Waals surface area contributed by atoms with Gasteiger partial charge in [0.25, 0.3) is 5.91 Å². The molecule has 21 heavy (non-hydrogen) atoms. The summed E-state index contributed by atoms with van der Waals surface area (Å²) in [5, 5.41) is 6.67. The van der Waals surface area contributed by atoms with E-state index in [1.807, 2.05) is 19.1 Å². The number of aryl methyl sites for hydroxylation is 1. The first kappa shape index (κ1) is 12.4. The van der Waals surface area contributed by atoms with Gasteiger partial charge in [0.15, 0.2) is 0 Å². The molecule has 4 heteroatoms. The molecule has 1 amide bonds. The van der Waals surface area contributed by atoms with Crippen molar-refractivity contribution in [1.29, 1.82) is 0 Å². The Morgan fingerprint density at radius 2 is 2.14 bits per heavy atom. The van der Waals surface area contributed by atoms with E-state index in [0.717, 1.165) is 35.3 Å². The Morgan fingerprint density at radius 1 is 1.29 bits per heavy atom. The third-order valence-electron chi connectivity index (χ3n) is 4.76. The molecule has 0 saturated heterocycles. The topological polar surface area (TPSA) is 50.7 Å². The lowest BCUT2D eigenvalue weighted by Crippen LogP contribution is -2.39. The van der Waals surface area contributed by atoms with E-state index in [9.17, 15) is 4.79 Å². The van der Waals surface area contributed by atoms with Gasteiger partial charge in [-0.05, 0) is 48.2 Å². The van der Waals surface area contributed by atoms with Gasteiger partial charge in [0, 0.05) is 5.56 Å². The molecule has 1 heterocycles. The van der Waals surface area contributed by atoms with Gasteiger partial charge in [-0.15, -0.1) is 0 Å². The molecule has 2 aromatic rings. The number of hydrogen-bond acceptors (Lipinski definition) is 3. The zero-order valence-electron chi connectivity index (χ0n) is 12.1. The lowest BCUT2D eigenvalue weighted by Gasteiger charge is -2.30. The van der Waals surface area contributed by atoms with Gasteiger partial charge in [-0.25, -0.2) is 5.43 Å². The second-order valence-corrected chi connectivity index (χ2v) is 5.91. The Hall–Kier alpha value is -2.36. The fraction of sp³-hybridized carbons (Fsp3) is 0.294. The molecular weight excluding hydrogens is 264 g/mol. The molecule has 1 N–H and O–H groups in total. The minimum atomic E-state index is -0.479. The summed E-state index contributed by atoms with van der Waals surface area (Å²) in [7, 11) is 1.68. The van der Waals surface area contributed by atoms with Gasteiger partial charge in [0.2, 0.25) is 0 Å². The minimum Gasteiger partial charge on any atom is -0.497 e. The monoisotopic (exact) mass is 280 g/mol. The molecule has 2 aliphatic rings. The van der Waals surface area contributed by atoms with Gasteiger partial charge < -0.3 is 4.74 Å². The number of nitrogens with zero attached hydrogens (tertiary/aromatic N) is 1. The van der Waals surface area contributed by atoms with Gasteiger partial charge in [-0.3, -0.25) is 4.79 Å². The molecule has 106 valence electrons. The summed E-state index contributed by atoms with van der Waals surface area (Å²) in [5.74, 6) is 0.871. The number of amides is 1. The molecular formula is C17H16N2O2. The molecule has 1 aliphatic carbocycles. The number of methoxy groups -OCH3 is 1. The summed E-state index contributed by atoms with van der Waals surface area (Å²) < 4.78 is 5.29.